The molecule has 3 aromatic rings. The Kier molecular flexibility index (Phi) is 4.35. The summed E-state index contributed by atoms with van der Waals surface area (Å²) in [6.45, 7) is 0. The van der Waals surface area contributed by atoms with Crippen molar-refractivity contribution in [2.24, 2.45) is 0 Å². The predicted molar refractivity (Wildman–Crippen MR) is 92.8 cm³/mol. The first kappa shape index (κ1) is 15.8. The third-order valence-corrected chi connectivity index (χ3v) is 4.47. The Morgan fingerprint density at radius 1 is 1.21 bits per heavy atom. The van der Waals surface area contributed by atoms with E-state index < -0.39 is 10.9 Å². The molecular formula is C17H12N2O4S. The van der Waals surface area contributed by atoms with E-state index in [1.54, 1.807) is 18.2 Å². The van der Waals surface area contributed by atoms with Crippen LogP contribution in [0.25, 0.3) is 21.9 Å². The van der Waals surface area contributed by atoms with Crippen LogP contribution >= 0.6 is 11.3 Å². The molecule has 0 aliphatic carbocycles. The van der Waals surface area contributed by atoms with E-state index in [0.29, 0.717) is 16.1 Å². The number of nitro groups is 1. The summed E-state index contributed by atoms with van der Waals surface area (Å²) in [5.74, 6) is -0.956. The van der Waals surface area contributed by atoms with Crippen LogP contribution in [0.2, 0.25) is 0 Å². The molecule has 1 heterocycles. The van der Waals surface area contributed by atoms with E-state index in [2.05, 4.69) is 4.98 Å². The minimum absolute atomic E-state index is 0.00748. The van der Waals surface area contributed by atoms with Gasteiger partial charge in [0.1, 0.15) is 5.01 Å². The van der Waals surface area contributed by atoms with Gasteiger partial charge >= 0.3 is 5.97 Å². The summed E-state index contributed by atoms with van der Waals surface area (Å²) in [7, 11) is 0. The number of benzene rings is 2. The Balaban J connectivity index is 2.01. The zero-order valence-electron chi connectivity index (χ0n) is 12.4. The number of nitrogens with zero attached hydrogens (tertiary/aromatic N) is 2. The van der Waals surface area contributed by atoms with Crippen molar-refractivity contribution in [3.8, 4) is 0 Å². The van der Waals surface area contributed by atoms with Gasteiger partial charge in [-0.15, -0.1) is 11.3 Å². The lowest BCUT2D eigenvalue weighted by molar-refractivity contribution is -0.384. The number of carboxylic acid groups (broad SMARTS) is 1. The molecule has 0 aliphatic heterocycles. The van der Waals surface area contributed by atoms with E-state index in [1.807, 2.05) is 24.3 Å². The Hall–Kier alpha value is -3.06. The molecule has 7 heteroatoms. The molecular weight excluding hydrogens is 328 g/mol. The first-order valence-corrected chi connectivity index (χ1v) is 7.87. The molecule has 0 spiro atoms. The van der Waals surface area contributed by atoms with Crippen LogP contribution in [0.5, 0.6) is 0 Å². The fourth-order valence-electron chi connectivity index (χ4n) is 2.25. The standard InChI is InChI=1S/C17H12N2O4S/c20-16(21)10-12(9-11-5-7-13(8-6-11)19(22)23)17-18-14-3-1-2-4-15(14)24-17/h1-9H,10H2,(H,20,21). The highest BCUT2D eigenvalue weighted by atomic mass is 32.1. The quantitative estimate of drug-likeness (QED) is 0.554. The van der Waals surface area contributed by atoms with Gasteiger partial charge in [-0.3, -0.25) is 14.9 Å². The van der Waals surface area contributed by atoms with E-state index in [9.17, 15) is 14.9 Å². The van der Waals surface area contributed by atoms with Gasteiger partial charge in [-0.1, -0.05) is 12.1 Å². The van der Waals surface area contributed by atoms with Crippen LogP contribution in [0.3, 0.4) is 0 Å². The number of hydrogen-bond donors (Lipinski definition) is 1. The van der Waals surface area contributed by atoms with Crippen molar-refractivity contribution in [2.45, 2.75) is 6.42 Å². The second kappa shape index (κ2) is 6.59. The largest absolute Gasteiger partial charge is 0.481 e. The number of non-ortho nitro benzene ring substituents is 1. The second-order valence-corrected chi connectivity index (χ2v) is 6.11. The Labute approximate surface area is 140 Å². The predicted octanol–water partition coefficient (Wildman–Crippen LogP) is 4.22. The monoisotopic (exact) mass is 340 g/mol. The molecule has 1 N–H and O–H groups in total. The number of carboxylic acids is 1. The van der Waals surface area contributed by atoms with Gasteiger partial charge in [-0.25, -0.2) is 4.98 Å². The zero-order chi connectivity index (χ0) is 17.1. The van der Waals surface area contributed by atoms with Gasteiger partial charge < -0.3 is 5.11 Å². The number of nitro benzene ring substituents is 1. The van der Waals surface area contributed by atoms with Crippen LogP contribution in [0.1, 0.15) is 17.0 Å². The van der Waals surface area contributed by atoms with Crippen LogP contribution in [0.15, 0.2) is 48.5 Å². The van der Waals surface area contributed by atoms with Crippen molar-refractivity contribution in [1.82, 2.24) is 4.98 Å². The molecule has 0 amide bonds. The van der Waals surface area contributed by atoms with E-state index >= 15 is 0 Å². The Morgan fingerprint density at radius 2 is 1.92 bits per heavy atom. The molecule has 120 valence electrons. The molecule has 0 unspecified atom stereocenters. The maximum atomic E-state index is 11.2. The number of aliphatic carboxylic acids is 1. The van der Waals surface area contributed by atoms with Crippen molar-refractivity contribution < 1.29 is 14.8 Å². The van der Waals surface area contributed by atoms with Gasteiger partial charge in [0.15, 0.2) is 0 Å². The first-order valence-electron chi connectivity index (χ1n) is 7.06. The summed E-state index contributed by atoms with van der Waals surface area (Å²) in [5.41, 5.74) is 2.07. The summed E-state index contributed by atoms with van der Waals surface area (Å²) in [6, 6.07) is 13.6. The normalized spacial score (nSPS) is 11.6. The van der Waals surface area contributed by atoms with Crippen molar-refractivity contribution in [2.75, 3.05) is 0 Å². The van der Waals surface area contributed by atoms with Crippen molar-refractivity contribution in [1.29, 1.82) is 0 Å². The van der Waals surface area contributed by atoms with Crippen LogP contribution in [0.4, 0.5) is 5.69 Å². The Morgan fingerprint density at radius 3 is 2.54 bits per heavy atom. The first-order chi connectivity index (χ1) is 11.5. The molecule has 0 bridgehead atoms. The van der Waals surface area contributed by atoms with Crippen molar-refractivity contribution >= 4 is 44.9 Å². The van der Waals surface area contributed by atoms with Gasteiger partial charge in [0.2, 0.25) is 0 Å². The highest BCUT2D eigenvalue weighted by Gasteiger charge is 2.13. The third kappa shape index (κ3) is 3.47. The molecule has 0 aliphatic rings. The highest BCUT2D eigenvalue weighted by molar-refractivity contribution is 7.19. The molecule has 0 fully saturated rings. The number of aromatic nitrogens is 1. The smallest absolute Gasteiger partial charge is 0.307 e. The topological polar surface area (TPSA) is 93.3 Å². The maximum Gasteiger partial charge on any atom is 0.307 e. The SMILES string of the molecule is O=C(O)CC(=Cc1ccc([N+](=O)[O-])cc1)c1nc2ccccc2s1. The number of rotatable bonds is 5. The molecule has 1 aromatic heterocycles. The fraction of sp³-hybridized carbons (Fsp3) is 0.0588. The summed E-state index contributed by atoms with van der Waals surface area (Å²) in [4.78, 5) is 25.9. The van der Waals surface area contributed by atoms with E-state index in [4.69, 9.17) is 5.11 Å². The molecule has 24 heavy (non-hydrogen) atoms. The van der Waals surface area contributed by atoms with Crippen LogP contribution in [-0.2, 0) is 4.79 Å². The minimum Gasteiger partial charge on any atom is -0.481 e. The van der Waals surface area contributed by atoms with Gasteiger partial charge in [0.25, 0.3) is 5.69 Å². The lowest BCUT2D eigenvalue weighted by Crippen LogP contribution is -1.97. The van der Waals surface area contributed by atoms with E-state index in [1.165, 1.54) is 23.5 Å². The molecule has 3 rings (SSSR count). The second-order valence-electron chi connectivity index (χ2n) is 5.08. The molecule has 2 aromatic carbocycles. The molecule has 0 saturated carbocycles. The molecule has 0 saturated heterocycles. The lowest BCUT2D eigenvalue weighted by atomic mass is 10.1. The number of carbonyl (C=O) groups is 1. The average Bonchev–Trinajstić information content (AvgIpc) is 2.98. The maximum absolute atomic E-state index is 11.2. The summed E-state index contributed by atoms with van der Waals surface area (Å²) in [5, 5.41) is 20.5. The van der Waals surface area contributed by atoms with Gasteiger partial charge in [0.05, 0.1) is 21.6 Å². The number of thiazole rings is 1. The van der Waals surface area contributed by atoms with Crippen molar-refractivity contribution in [3.63, 3.8) is 0 Å². The van der Waals surface area contributed by atoms with Crippen LogP contribution < -0.4 is 0 Å². The zero-order valence-corrected chi connectivity index (χ0v) is 13.2. The van der Waals surface area contributed by atoms with Crippen molar-refractivity contribution in [3.05, 3.63) is 69.2 Å². The van der Waals surface area contributed by atoms with E-state index in [-0.39, 0.29) is 12.1 Å². The number of hydrogen-bond acceptors (Lipinski definition) is 5. The minimum atomic E-state index is -0.956. The lowest BCUT2D eigenvalue weighted by Gasteiger charge is -2.01. The summed E-state index contributed by atoms with van der Waals surface area (Å²) < 4.78 is 0.979. The summed E-state index contributed by atoms with van der Waals surface area (Å²) in [6.07, 6.45) is 1.53. The fourth-order valence-corrected chi connectivity index (χ4v) is 3.23. The Bertz CT molecular complexity index is 912. The summed E-state index contributed by atoms with van der Waals surface area (Å²) >= 11 is 1.42. The molecule has 0 radical (unpaired) electrons. The number of para-hydroxylation sites is 1. The third-order valence-electron chi connectivity index (χ3n) is 3.36. The molecule has 6 nitrogen and oxygen atoms in total. The highest BCUT2D eigenvalue weighted by Crippen LogP contribution is 2.30. The molecule has 0 atom stereocenters. The van der Waals surface area contributed by atoms with E-state index in [0.717, 1.165) is 10.2 Å². The van der Waals surface area contributed by atoms with Gasteiger partial charge in [-0.05, 0) is 41.5 Å². The van der Waals surface area contributed by atoms with Gasteiger partial charge in [0, 0.05) is 12.1 Å². The van der Waals surface area contributed by atoms with Crippen LogP contribution in [0, 0.1) is 10.1 Å². The van der Waals surface area contributed by atoms with Gasteiger partial charge in [-0.2, -0.15) is 0 Å². The number of fused-ring (bicyclic) bond motifs is 1. The average molecular weight is 340 g/mol. The van der Waals surface area contributed by atoms with Crippen LogP contribution in [-0.4, -0.2) is 21.0 Å².